The van der Waals surface area contributed by atoms with Crippen LogP contribution in [-0.2, 0) is 0 Å². The topological polar surface area (TPSA) is 55.2 Å². The first-order valence-electron chi connectivity index (χ1n) is 1.80. The van der Waals surface area contributed by atoms with Crippen LogP contribution in [0.2, 0.25) is 0 Å². The third kappa shape index (κ3) is 9.07. The van der Waals surface area contributed by atoms with E-state index in [4.69, 9.17) is 5.11 Å². The lowest BCUT2D eigenvalue weighted by atomic mass is 10.4. The minimum Gasteiger partial charge on any atom is -0.396 e. The molecule has 0 heterocycles. The first-order valence-corrected chi connectivity index (χ1v) is 1.80. The van der Waals surface area contributed by atoms with Gasteiger partial charge >= 0.3 is 0 Å². The number of rotatable bonds is 2. The molecule has 4 N–H and O–H groups in total. The Kier molecular flexibility index (Phi) is 13.8. The van der Waals surface area contributed by atoms with E-state index in [1.165, 1.54) is 0 Å². The zero-order valence-corrected chi connectivity index (χ0v) is 4.15. The summed E-state index contributed by atoms with van der Waals surface area (Å²) in [5.74, 6) is 0. The molecule has 0 bridgehead atoms. The van der Waals surface area contributed by atoms with Gasteiger partial charge in [0.2, 0.25) is 0 Å². The molecule has 0 aromatic rings. The Balaban J connectivity index is 0. The molecule has 0 rings (SSSR count). The lowest BCUT2D eigenvalue weighted by Crippen LogP contribution is -1.76. The molecule has 0 amide bonds. The Hall–Kier alpha value is -0.0800. The van der Waals surface area contributed by atoms with Crippen molar-refractivity contribution in [3.8, 4) is 0 Å². The molecule has 0 saturated carbocycles. The summed E-state index contributed by atoms with van der Waals surface area (Å²) < 4.78 is 0. The lowest BCUT2D eigenvalue weighted by Gasteiger charge is -1.79. The average molecular weight is 90.1 g/mol. The Morgan fingerprint density at radius 3 is 2.17 bits per heavy atom. The van der Waals surface area contributed by atoms with Gasteiger partial charge in [-0.15, -0.1) is 0 Å². The summed E-state index contributed by atoms with van der Waals surface area (Å²) in [7, 11) is 0. The first-order chi connectivity index (χ1) is 2.41. The van der Waals surface area contributed by atoms with E-state index in [1.807, 2.05) is 13.3 Å². The van der Waals surface area contributed by atoms with Crippen molar-refractivity contribution in [2.75, 3.05) is 6.61 Å². The molecule has 2 heteroatoms. The molecular formula is C4H12NO. The van der Waals surface area contributed by atoms with Crippen LogP contribution in [-0.4, -0.2) is 11.7 Å². The van der Waals surface area contributed by atoms with Crippen molar-refractivity contribution >= 4 is 0 Å². The van der Waals surface area contributed by atoms with Crippen LogP contribution in [0.15, 0.2) is 0 Å². The number of hydrogen-bond donors (Lipinski definition) is 2. The Morgan fingerprint density at radius 1 is 1.67 bits per heavy atom. The molecule has 0 aliphatic rings. The van der Waals surface area contributed by atoms with E-state index in [-0.39, 0.29) is 12.8 Å². The third-order valence-corrected chi connectivity index (χ3v) is 0.418. The van der Waals surface area contributed by atoms with Crippen molar-refractivity contribution in [1.29, 1.82) is 0 Å². The van der Waals surface area contributed by atoms with Crippen molar-refractivity contribution in [1.82, 2.24) is 6.15 Å². The molecule has 1 radical (unpaired) electrons. The Morgan fingerprint density at radius 2 is 2.17 bits per heavy atom. The van der Waals surface area contributed by atoms with E-state index in [0.717, 1.165) is 6.42 Å². The van der Waals surface area contributed by atoms with Gasteiger partial charge in [-0.25, -0.2) is 0 Å². The summed E-state index contributed by atoms with van der Waals surface area (Å²) >= 11 is 0. The molecule has 0 spiro atoms. The second-order valence-electron chi connectivity index (χ2n) is 0.921. The van der Waals surface area contributed by atoms with E-state index in [9.17, 15) is 0 Å². The molecule has 0 aromatic carbocycles. The maximum atomic E-state index is 8.04. The van der Waals surface area contributed by atoms with Crippen LogP contribution >= 0.6 is 0 Å². The zero-order valence-electron chi connectivity index (χ0n) is 4.15. The van der Waals surface area contributed by atoms with E-state index in [0.29, 0.717) is 0 Å². The fourth-order valence-electron chi connectivity index (χ4n) is 0.129. The van der Waals surface area contributed by atoms with E-state index >= 15 is 0 Å². The first kappa shape index (κ1) is 9.33. The maximum absolute atomic E-state index is 8.04. The number of hydrogen-bond acceptors (Lipinski definition) is 2. The molecule has 6 heavy (non-hydrogen) atoms. The summed E-state index contributed by atoms with van der Waals surface area (Å²) in [5.41, 5.74) is 0. The van der Waals surface area contributed by atoms with Crippen LogP contribution in [0.3, 0.4) is 0 Å². The summed E-state index contributed by atoms with van der Waals surface area (Å²) in [5, 5.41) is 8.04. The largest absolute Gasteiger partial charge is 0.396 e. The average Bonchev–Trinajstić information content (AvgIpc) is 1.41. The second kappa shape index (κ2) is 8.87. The van der Waals surface area contributed by atoms with Gasteiger partial charge in [0.25, 0.3) is 0 Å². The van der Waals surface area contributed by atoms with Gasteiger partial charge < -0.3 is 11.3 Å². The number of unbranched alkanes of at least 4 members (excludes halogenated alkanes) is 1. The highest BCUT2D eigenvalue weighted by Gasteiger charge is 1.69. The lowest BCUT2D eigenvalue weighted by molar-refractivity contribution is 0.298. The predicted molar refractivity (Wildman–Crippen MR) is 26.7 cm³/mol. The van der Waals surface area contributed by atoms with Crippen molar-refractivity contribution < 1.29 is 5.11 Å². The van der Waals surface area contributed by atoms with Crippen LogP contribution in [0.25, 0.3) is 0 Å². The van der Waals surface area contributed by atoms with Gasteiger partial charge in [-0.2, -0.15) is 0 Å². The van der Waals surface area contributed by atoms with Crippen molar-refractivity contribution in [3.63, 3.8) is 0 Å². The molecule has 0 aliphatic heterocycles. The smallest absolute Gasteiger partial charge is 0.0433 e. The number of aliphatic hydroxyl groups excluding tert-OH is 1. The molecule has 39 valence electrons. The summed E-state index contributed by atoms with van der Waals surface area (Å²) in [6.45, 7) is 2.22. The second-order valence-corrected chi connectivity index (χ2v) is 0.921. The van der Waals surface area contributed by atoms with Gasteiger partial charge in [0.15, 0.2) is 0 Å². The minimum absolute atomic E-state index is 0. The van der Waals surface area contributed by atoms with E-state index < -0.39 is 0 Å². The van der Waals surface area contributed by atoms with Gasteiger partial charge in [0.1, 0.15) is 0 Å². The fraction of sp³-hybridized carbons (Fsp3) is 0.750. The van der Waals surface area contributed by atoms with E-state index in [1.54, 1.807) is 0 Å². The van der Waals surface area contributed by atoms with Gasteiger partial charge in [0.05, 0.1) is 0 Å². The minimum atomic E-state index is 0. The van der Waals surface area contributed by atoms with Gasteiger partial charge in [-0.3, -0.25) is 0 Å². The van der Waals surface area contributed by atoms with E-state index in [2.05, 4.69) is 0 Å². The highest BCUT2D eigenvalue weighted by atomic mass is 16.2. The summed E-state index contributed by atoms with van der Waals surface area (Å²) in [4.78, 5) is 0. The molecule has 0 atom stereocenters. The predicted octanol–water partition coefficient (Wildman–Crippen LogP) is 0.755. The van der Waals surface area contributed by atoms with Gasteiger partial charge in [-0.1, -0.05) is 6.92 Å². The standard InChI is InChI=1S/C4H9O.H3N/c1-2-3-4-5;/h2,5H,3-4H2,1H3;1H3. The highest BCUT2D eigenvalue weighted by Crippen LogP contribution is 1.76. The van der Waals surface area contributed by atoms with Crippen LogP contribution in [0, 0.1) is 6.42 Å². The Labute approximate surface area is 38.8 Å². The summed E-state index contributed by atoms with van der Waals surface area (Å²) in [6.07, 6.45) is 2.75. The fourth-order valence-corrected chi connectivity index (χ4v) is 0.129. The highest BCUT2D eigenvalue weighted by molar-refractivity contribution is 4.50. The third-order valence-electron chi connectivity index (χ3n) is 0.418. The van der Waals surface area contributed by atoms with Crippen LogP contribution in [0.1, 0.15) is 13.3 Å². The van der Waals surface area contributed by atoms with Crippen LogP contribution in [0.5, 0.6) is 0 Å². The SMILES string of the molecule is C[CH]CCO.N. The Bertz CT molecular complexity index is 15.0. The molecule has 0 saturated heterocycles. The molecular weight excluding hydrogens is 78.0 g/mol. The molecule has 0 fully saturated rings. The maximum Gasteiger partial charge on any atom is 0.0433 e. The monoisotopic (exact) mass is 90.1 g/mol. The molecule has 0 aromatic heterocycles. The van der Waals surface area contributed by atoms with Crippen LogP contribution in [0.4, 0.5) is 0 Å². The van der Waals surface area contributed by atoms with Gasteiger partial charge in [-0.05, 0) is 12.8 Å². The summed E-state index contributed by atoms with van der Waals surface area (Å²) in [6, 6.07) is 0. The van der Waals surface area contributed by atoms with Crippen molar-refractivity contribution in [2.24, 2.45) is 0 Å². The molecule has 0 unspecified atom stereocenters. The molecule has 0 aliphatic carbocycles. The van der Waals surface area contributed by atoms with Crippen LogP contribution < -0.4 is 6.15 Å². The normalized spacial score (nSPS) is 7.00. The quantitative estimate of drug-likeness (QED) is 0.525. The van der Waals surface area contributed by atoms with Gasteiger partial charge in [0, 0.05) is 6.61 Å². The molecule has 2 nitrogen and oxygen atoms in total. The van der Waals surface area contributed by atoms with Crippen molar-refractivity contribution in [3.05, 3.63) is 6.42 Å². The zero-order chi connectivity index (χ0) is 4.12. The number of aliphatic hydroxyl groups is 1. The van der Waals surface area contributed by atoms with Crippen molar-refractivity contribution in [2.45, 2.75) is 13.3 Å².